The Labute approximate surface area is 121 Å². The molecule has 1 atom stereocenters. The van der Waals surface area contributed by atoms with Gasteiger partial charge in [-0.2, -0.15) is 0 Å². The van der Waals surface area contributed by atoms with E-state index in [9.17, 15) is 4.79 Å². The maximum absolute atomic E-state index is 10.6. The van der Waals surface area contributed by atoms with Gasteiger partial charge in [0, 0.05) is 31.2 Å². The number of aldehydes is 1. The fraction of sp³-hybridized carbons (Fsp3) is 0.562. The SMILES string of the molecule is CN(C)C(CCC=O)c1ccc(N2CCOCC2)cc1. The van der Waals surface area contributed by atoms with Crippen molar-refractivity contribution in [3.63, 3.8) is 0 Å². The molecule has 110 valence electrons. The molecule has 1 heterocycles. The molecule has 4 nitrogen and oxygen atoms in total. The molecule has 1 fully saturated rings. The number of morpholine rings is 1. The number of anilines is 1. The lowest BCUT2D eigenvalue weighted by Gasteiger charge is -2.30. The molecule has 2 rings (SSSR count). The number of nitrogens with zero attached hydrogens (tertiary/aromatic N) is 2. The number of ether oxygens (including phenoxy) is 1. The van der Waals surface area contributed by atoms with Crippen LogP contribution in [0.15, 0.2) is 24.3 Å². The topological polar surface area (TPSA) is 32.8 Å². The van der Waals surface area contributed by atoms with Crippen LogP contribution in [0.1, 0.15) is 24.4 Å². The van der Waals surface area contributed by atoms with E-state index in [2.05, 4.69) is 48.2 Å². The van der Waals surface area contributed by atoms with E-state index in [-0.39, 0.29) is 0 Å². The van der Waals surface area contributed by atoms with Gasteiger partial charge in [0.25, 0.3) is 0 Å². The van der Waals surface area contributed by atoms with Crippen LogP contribution in [0.2, 0.25) is 0 Å². The molecule has 20 heavy (non-hydrogen) atoms. The standard InChI is InChI=1S/C16H24N2O2/c1-17(2)16(4-3-11-19)14-5-7-15(8-6-14)18-9-12-20-13-10-18/h5-8,11,16H,3-4,9-10,12-13H2,1-2H3. The van der Waals surface area contributed by atoms with Crippen LogP contribution in [-0.4, -0.2) is 51.6 Å². The molecule has 1 aromatic carbocycles. The smallest absolute Gasteiger partial charge is 0.120 e. The minimum atomic E-state index is 0.305. The molecule has 1 unspecified atom stereocenters. The second kappa shape index (κ2) is 7.41. The fourth-order valence-electron chi connectivity index (χ4n) is 2.68. The van der Waals surface area contributed by atoms with Crippen molar-refractivity contribution < 1.29 is 9.53 Å². The van der Waals surface area contributed by atoms with Crippen LogP contribution >= 0.6 is 0 Å². The van der Waals surface area contributed by atoms with E-state index in [0.29, 0.717) is 12.5 Å². The van der Waals surface area contributed by atoms with Gasteiger partial charge in [-0.25, -0.2) is 0 Å². The summed E-state index contributed by atoms with van der Waals surface area (Å²) in [6, 6.07) is 9.02. The number of carbonyl (C=O) groups is 1. The molecule has 0 radical (unpaired) electrons. The number of carbonyl (C=O) groups excluding carboxylic acids is 1. The molecule has 1 aliphatic rings. The van der Waals surface area contributed by atoms with Crippen LogP contribution in [0.4, 0.5) is 5.69 Å². The van der Waals surface area contributed by atoms with Crippen molar-refractivity contribution in [2.45, 2.75) is 18.9 Å². The molecule has 0 saturated carbocycles. The normalized spacial score (nSPS) is 17.2. The van der Waals surface area contributed by atoms with E-state index in [1.54, 1.807) is 0 Å². The van der Waals surface area contributed by atoms with Gasteiger partial charge in [-0.05, 0) is 38.2 Å². The number of benzene rings is 1. The largest absolute Gasteiger partial charge is 0.378 e. The summed E-state index contributed by atoms with van der Waals surface area (Å²) < 4.78 is 5.38. The zero-order chi connectivity index (χ0) is 14.4. The predicted molar refractivity (Wildman–Crippen MR) is 81.2 cm³/mol. The highest BCUT2D eigenvalue weighted by molar-refractivity contribution is 5.50. The van der Waals surface area contributed by atoms with Gasteiger partial charge in [-0.15, -0.1) is 0 Å². The Hall–Kier alpha value is -1.39. The Balaban J connectivity index is 2.06. The maximum Gasteiger partial charge on any atom is 0.120 e. The van der Waals surface area contributed by atoms with Crippen molar-refractivity contribution in [1.82, 2.24) is 4.90 Å². The minimum absolute atomic E-state index is 0.305. The second-order valence-electron chi connectivity index (χ2n) is 5.41. The zero-order valence-electron chi connectivity index (χ0n) is 12.4. The van der Waals surface area contributed by atoms with Gasteiger partial charge in [0.2, 0.25) is 0 Å². The third-order valence-electron chi connectivity index (χ3n) is 3.84. The lowest BCUT2D eigenvalue weighted by Crippen LogP contribution is -2.36. The second-order valence-corrected chi connectivity index (χ2v) is 5.41. The van der Waals surface area contributed by atoms with E-state index in [1.165, 1.54) is 11.3 Å². The van der Waals surface area contributed by atoms with Crippen LogP contribution in [-0.2, 0) is 9.53 Å². The Morgan fingerprint density at radius 3 is 2.45 bits per heavy atom. The van der Waals surface area contributed by atoms with Crippen LogP contribution in [0.5, 0.6) is 0 Å². The number of rotatable bonds is 6. The first-order chi connectivity index (χ1) is 9.72. The first kappa shape index (κ1) is 15.0. The molecule has 4 heteroatoms. The van der Waals surface area contributed by atoms with E-state index >= 15 is 0 Å². The van der Waals surface area contributed by atoms with Crippen molar-refractivity contribution >= 4 is 12.0 Å². The number of hydrogen-bond donors (Lipinski definition) is 0. The van der Waals surface area contributed by atoms with Gasteiger partial charge in [0.15, 0.2) is 0 Å². The third kappa shape index (κ3) is 3.81. The van der Waals surface area contributed by atoms with Gasteiger partial charge in [-0.3, -0.25) is 0 Å². The molecular weight excluding hydrogens is 252 g/mol. The molecule has 1 aliphatic heterocycles. The first-order valence-electron chi connectivity index (χ1n) is 7.25. The van der Waals surface area contributed by atoms with E-state index < -0.39 is 0 Å². The quantitative estimate of drug-likeness (QED) is 0.745. The van der Waals surface area contributed by atoms with E-state index in [1.807, 2.05) is 0 Å². The van der Waals surface area contributed by atoms with Gasteiger partial charge in [0.1, 0.15) is 6.29 Å². The maximum atomic E-state index is 10.6. The fourth-order valence-corrected chi connectivity index (χ4v) is 2.68. The summed E-state index contributed by atoms with van der Waals surface area (Å²) in [5, 5.41) is 0. The van der Waals surface area contributed by atoms with E-state index in [4.69, 9.17) is 4.74 Å². The molecule has 0 amide bonds. The monoisotopic (exact) mass is 276 g/mol. The Morgan fingerprint density at radius 2 is 1.90 bits per heavy atom. The summed E-state index contributed by atoms with van der Waals surface area (Å²) >= 11 is 0. The van der Waals surface area contributed by atoms with Crippen LogP contribution in [0.25, 0.3) is 0 Å². The molecular formula is C16H24N2O2. The van der Waals surface area contributed by atoms with Crippen molar-refractivity contribution in [3.05, 3.63) is 29.8 Å². The highest BCUT2D eigenvalue weighted by Crippen LogP contribution is 2.25. The van der Waals surface area contributed by atoms with Crippen LogP contribution in [0, 0.1) is 0 Å². The van der Waals surface area contributed by atoms with Crippen molar-refractivity contribution in [2.75, 3.05) is 45.3 Å². The molecule has 0 aromatic heterocycles. The first-order valence-corrected chi connectivity index (χ1v) is 7.25. The lowest BCUT2D eigenvalue weighted by molar-refractivity contribution is -0.108. The average molecular weight is 276 g/mol. The summed E-state index contributed by atoms with van der Waals surface area (Å²) in [5.74, 6) is 0. The molecule has 0 spiro atoms. The van der Waals surface area contributed by atoms with Crippen LogP contribution in [0.3, 0.4) is 0 Å². The van der Waals surface area contributed by atoms with Gasteiger partial charge in [-0.1, -0.05) is 12.1 Å². The van der Waals surface area contributed by atoms with Crippen molar-refractivity contribution in [3.8, 4) is 0 Å². The summed E-state index contributed by atoms with van der Waals surface area (Å²) in [7, 11) is 4.12. The number of hydrogen-bond acceptors (Lipinski definition) is 4. The summed E-state index contributed by atoms with van der Waals surface area (Å²) in [5.41, 5.74) is 2.53. The highest BCUT2D eigenvalue weighted by Gasteiger charge is 2.15. The zero-order valence-corrected chi connectivity index (χ0v) is 12.4. The van der Waals surface area contributed by atoms with E-state index in [0.717, 1.165) is 39.0 Å². The Kier molecular flexibility index (Phi) is 5.56. The summed E-state index contributed by atoms with van der Waals surface area (Å²) in [6.07, 6.45) is 2.47. The summed E-state index contributed by atoms with van der Waals surface area (Å²) in [6.45, 7) is 3.53. The molecule has 0 bridgehead atoms. The van der Waals surface area contributed by atoms with Crippen molar-refractivity contribution in [1.29, 1.82) is 0 Å². The van der Waals surface area contributed by atoms with Gasteiger partial charge >= 0.3 is 0 Å². The molecule has 1 saturated heterocycles. The minimum Gasteiger partial charge on any atom is -0.378 e. The highest BCUT2D eigenvalue weighted by atomic mass is 16.5. The average Bonchev–Trinajstić information content (AvgIpc) is 2.49. The van der Waals surface area contributed by atoms with Crippen LogP contribution < -0.4 is 4.90 Å². The Morgan fingerprint density at radius 1 is 1.25 bits per heavy atom. The third-order valence-corrected chi connectivity index (χ3v) is 3.84. The lowest BCUT2D eigenvalue weighted by atomic mass is 10.0. The molecule has 1 aromatic rings. The van der Waals surface area contributed by atoms with Gasteiger partial charge in [0.05, 0.1) is 13.2 Å². The molecule has 0 aliphatic carbocycles. The Bertz CT molecular complexity index is 411. The predicted octanol–water partition coefficient (Wildman–Crippen LogP) is 2.10. The van der Waals surface area contributed by atoms with Gasteiger partial charge < -0.3 is 19.3 Å². The molecule has 0 N–H and O–H groups in total. The summed E-state index contributed by atoms with van der Waals surface area (Å²) in [4.78, 5) is 15.1. The van der Waals surface area contributed by atoms with Crippen molar-refractivity contribution in [2.24, 2.45) is 0 Å².